The Labute approximate surface area is 125 Å². The maximum absolute atomic E-state index is 5.98. The second kappa shape index (κ2) is 6.54. The molecule has 0 spiro atoms. The number of ether oxygens (including phenoxy) is 1. The number of rotatable bonds is 5. The fraction of sp³-hybridized carbons (Fsp3) is 0.375. The van der Waals surface area contributed by atoms with E-state index < -0.39 is 0 Å². The van der Waals surface area contributed by atoms with Crippen LogP contribution in [0.3, 0.4) is 0 Å². The molecular weight excluding hydrogens is 264 g/mol. The standard InChI is InChI=1S/C16H22N4O/c1-5-6-14-18-15(20-17)12(4)16(19-14)21-13-8-7-10(2)9-11(13)3/h7-9H,5-6,17H2,1-4H3,(H,18,19,20). The highest BCUT2D eigenvalue weighted by molar-refractivity contribution is 5.49. The number of nitrogens with one attached hydrogen (secondary N) is 1. The minimum absolute atomic E-state index is 0.549. The van der Waals surface area contributed by atoms with Crippen molar-refractivity contribution in [3.8, 4) is 11.6 Å². The molecule has 0 unspecified atom stereocenters. The zero-order valence-corrected chi connectivity index (χ0v) is 13.0. The summed E-state index contributed by atoms with van der Waals surface area (Å²) in [5.74, 6) is 8.22. The molecule has 0 amide bonds. The van der Waals surface area contributed by atoms with Gasteiger partial charge in [0.05, 0.1) is 5.56 Å². The number of benzene rings is 1. The molecule has 0 fully saturated rings. The van der Waals surface area contributed by atoms with Crippen molar-refractivity contribution in [1.82, 2.24) is 9.97 Å². The van der Waals surface area contributed by atoms with E-state index in [1.165, 1.54) is 5.56 Å². The molecule has 21 heavy (non-hydrogen) atoms. The van der Waals surface area contributed by atoms with Gasteiger partial charge in [-0.25, -0.2) is 10.8 Å². The molecule has 1 aromatic heterocycles. The summed E-state index contributed by atoms with van der Waals surface area (Å²) in [5, 5.41) is 0. The van der Waals surface area contributed by atoms with Crippen molar-refractivity contribution in [2.75, 3.05) is 5.43 Å². The highest BCUT2D eigenvalue weighted by Crippen LogP contribution is 2.29. The van der Waals surface area contributed by atoms with Crippen LogP contribution in [0.2, 0.25) is 0 Å². The minimum atomic E-state index is 0.549. The Kier molecular flexibility index (Phi) is 4.75. The lowest BCUT2D eigenvalue weighted by molar-refractivity contribution is 0.451. The van der Waals surface area contributed by atoms with Crippen LogP contribution >= 0.6 is 0 Å². The first-order valence-electron chi connectivity index (χ1n) is 7.14. The Morgan fingerprint density at radius 3 is 2.57 bits per heavy atom. The second-order valence-electron chi connectivity index (χ2n) is 5.18. The first kappa shape index (κ1) is 15.3. The van der Waals surface area contributed by atoms with Crippen LogP contribution in [0.25, 0.3) is 0 Å². The van der Waals surface area contributed by atoms with E-state index in [0.717, 1.165) is 35.5 Å². The molecule has 0 bridgehead atoms. The van der Waals surface area contributed by atoms with Crippen LogP contribution in [0.15, 0.2) is 18.2 Å². The Bertz CT molecular complexity index is 640. The molecule has 2 rings (SSSR count). The predicted octanol–water partition coefficient (Wildman–Crippen LogP) is 3.43. The van der Waals surface area contributed by atoms with Gasteiger partial charge in [-0.05, 0) is 38.8 Å². The summed E-state index contributed by atoms with van der Waals surface area (Å²) < 4.78 is 5.98. The number of hydrazine groups is 1. The van der Waals surface area contributed by atoms with Crippen LogP contribution < -0.4 is 16.0 Å². The molecule has 3 N–H and O–H groups in total. The highest BCUT2D eigenvalue weighted by Gasteiger charge is 2.13. The van der Waals surface area contributed by atoms with Gasteiger partial charge < -0.3 is 10.2 Å². The maximum atomic E-state index is 5.98. The third-order valence-electron chi connectivity index (χ3n) is 3.29. The molecular formula is C16H22N4O. The normalized spacial score (nSPS) is 10.5. The molecule has 0 saturated carbocycles. The number of nitrogen functional groups attached to an aromatic ring is 1. The number of nitrogens with zero attached hydrogens (tertiary/aromatic N) is 2. The Morgan fingerprint density at radius 1 is 1.19 bits per heavy atom. The number of nitrogens with two attached hydrogens (primary N) is 1. The van der Waals surface area contributed by atoms with E-state index in [0.29, 0.717) is 11.7 Å². The van der Waals surface area contributed by atoms with Gasteiger partial charge in [0.25, 0.3) is 0 Å². The Morgan fingerprint density at radius 2 is 1.95 bits per heavy atom. The van der Waals surface area contributed by atoms with Crippen molar-refractivity contribution in [2.24, 2.45) is 5.84 Å². The van der Waals surface area contributed by atoms with Crippen molar-refractivity contribution in [2.45, 2.75) is 40.5 Å². The van der Waals surface area contributed by atoms with Gasteiger partial charge >= 0.3 is 0 Å². The molecule has 0 radical (unpaired) electrons. The van der Waals surface area contributed by atoms with E-state index in [-0.39, 0.29) is 0 Å². The Hall–Kier alpha value is -2.14. The number of aromatic nitrogens is 2. The van der Waals surface area contributed by atoms with Crippen molar-refractivity contribution in [3.05, 3.63) is 40.7 Å². The smallest absolute Gasteiger partial charge is 0.227 e. The quantitative estimate of drug-likeness (QED) is 0.650. The van der Waals surface area contributed by atoms with Gasteiger partial charge in [-0.2, -0.15) is 4.98 Å². The van der Waals surface area contributed by atoms with Gasteiger partial charge in [0, 0.05) is 6.42 Å². The van der Waals surface area contributed by atoms with Crippen LogP contribution in [0.1, 0.15) is 35.9 Å². The first-order valence-corrected chi connectivity index (χ1v) is 7.14. The topological polar surface area (TPSA) is 73.1 Å². The first-order chi connectivity index (χ1) is 10.0. The molecule has 0 aliphatic rings. The summed E-state index contributed by atoms with van der Waals surface area (Å²) in [6.45, 7) is 8.06. The molecule has 0 aliphatic heterocycles. The summed E-state index contributed by atoms with van der Waals surface area (Å²) in [5.41, 5.74) is 5.70. The zero-order valence-electron chi connectivity index (χ0n) is 13.0. The van der Waals surface area contributed by atoms with Crippen molar-refractivity contribution < 1.29 is 4.74 Å². The second-order valence-corrected chi connectivity index (χ2v) is 5.18. The van der Waals surface area contributed by atoms with E-state index in [1.54, 1.807) is 0 Å². The minimum Gasteiger partial charge on any atom is -0.438 e. The van der Waals surface area contributed by atoms with Crippen LogP contribution in [0.4, 0.5) is 5.82 Å². The van der Waals surface area contributed by atoms with Crippen LogP contribution in [-0.4, -0.2) is 9.97 Å². The lowest BCUT2D eigenvalue weighted by Crippen LogP contribution is -2.13. The zero-order chi connectivity index (χ0) is 15.4. The largest absolute Gasteiger partial charge is 0.438 e. The Balaban J connectivity index is 2.40. The van der Waals surface area contributed by atoms with E-state index in [1.807, 2.05) is 26.0 Å². The lowest BCUT2D eigenvalue weighted by atomic mass is 10.1. The fourth-order valence-corrected chi connectivity index (χ4v) is 2.13. The van der Waals surface area contributed by atoms with Gasteiger partial charge in [0.15, 0.2) is 0 Å². The van der Waals surface area contributed by atoms with E-state index in [4.69, 9.17) is 10.6 Å². The van der Waals surface area contributed by atoms with Crippen LogP contribution in [-0.2, 0) is 6.42 Å². The molecule has 1 aromatic carbocycles. The fourth-order valence-electron chi connectivity index (χ4n) is 2.13. The van der Waals surface area contributed by atoms with Gasteiger partial charge in [0.2, 0.25) is 5.88 Å². The number of aryl methyl sites for hydroxylation is 3. The molecule has 1 heterocycles. The molecule has 0 aliphatic carbocycles. The predicted molar refractivity (Wildman–Crippen MR) is 84.6 cm³/mol. The SMILES string of the molecule is CCCc1nc(NN)c(C)c(Oc2ccc(C)cc2C)n1. The third kappa shape index (κ3) is 3.49. The van der Waals surface area contributed by atoms with E-state index in [2.05, 4.69) is 35.3 Å². The number of anilines is 1. The number of hydrogen-bond acceptors (Lipinski definition) is 5. The van der Waals surface area contributed by atoms with Crippen molar-refractivity contribution in [3.63, 3.8) is 0 Å². The molecule has 112 valence electrons. The molecule has 0 saturated heterocycles. The van der Waals surface area contributed by atoms with Gasteiger partial charge in [-0.15, -0.1) is 0 Å². The molecule has 0 atom stereocenters. The van der Waals surface area contributed by atoms with Gasteiger partial charge in [-0.1, -0.05) is 24.6 Å². The lowest BCUT2D eigenvalue weighted by Gasteiger charge is -2.14. The molecule has 5 heteroatoms. The number of hydrogen-bond donors (Lipinski definition) is 2. The van der Waals surface area contributed by atoms with Crippen LogP contribution in [0.5, 0.6) is 11.6 Å². The van der Waals surface area contributed by atoms with Crippen molar-refractivity contribution >= 4 is 5.82 Å². The monoisotopic (exact) mass is 286 g/mol. The van der Waals surface area contributed by atoms with Gasteiger partial charge in [0.1, 0.15) is 17.4 Å². The van der Waals surface area contributed by atoms with Crippen LogP contribution in [0, 0.1) is 20.8 Å². The summed E-state index contributed by atoms with van der Waals surface area (Å²) in [7, 11) is 0. The van der Waals surface area contributed by atoms with E-state index >= 15 is 0 Å². The van der Waals surface area contributed by atoms with Gasteiger partial charge in [-0.3, -0.25) is 0 Å². The molecule has 5 nitrogen and oxygen atoms in total. The van der Waals surface area contributed by atoms with E-state index in [9.17, 15) is 0 Å². The summed E-state index contributed by atoms with van der Waals surface area (Å²) in [4.78, 5) is 8.89. The third-order valence-corrected chi connectivity index (χ3v) is 3.29. The van der Waals surface area contributed by atoms with Crippen molar-refractivity contribution in [1.29, 1.82) is 0 Å². The maximum Gasteiger partial charge on any atom is 0.227 e. The average Bonchev–Trinajstić information content (AvgIpc) is 2.45. The summed E-state index contributed by atoms with van der Waals surface area (Å²) in [6.07, 6.45) is 1.76. The average molecular weight is 286 g/mol. The summed E-state index contributed by atoms with van der Waals surface area (Å²) in [6, 6.07) is 6.07. The highest BCUT2D eigenvalue weighted by atomic mass is 16.5. The molecule has 2 aromatic rings. The summed E-state index contributed by atoms with van der Waals surface area (Å²) >= 11 is 0.